The average Bonchev–Trinajstić information content (AvgIpc) is 2.21. The van der Waals surface area contributed by atoms with Crippen LogP contribution in [0.15, 0.2) is 12.1 Å². The van der Waals surface area contributed by atoms with E-state index in [9.17, 15) is 9.50 Å². The van der Waals surface area contributed by atoms with Crippen molar-refractivity contribution >= 4 is 0 Å². The highest BCUT2D eigenvalue weighted by Crippen LogP contribution is 2.43. The van der Waals surface area contributed by atoms with Crippen molar-refractivity contribution in [3.63, 3.8) is 0 Å². The fraction of sp³-hybridized carbons (Fsp3) is 0.600. The maximum absolute atomic E-state index is 14.2. The van der Waals surface area contributed by atoms with E-state index >= 15 is 0 Å². The van der Waals surface area contributed by atoms with Crippen LogP contribution in [-0.4, -0.2) is 5.11 Å². The van der Waals surface area contributed by atoms with E-state index in [1.165, 1.54) is 6.07 Å². The van der Waals surface area contributed by atoms with Crippen LogP contribution in [0.1, 0.15) is 49.3 Å². The lowest BCUT2D eigenvalue weighted by Crippen LogP contribution is -2.38. The number of hydrogen-bond donors (Lipinski definition) is 1. The molecule has 1 fully saturated rings. The first-order chi connectivity index (χ1) is 7.95. The second-order valence-corrected chi connectivity index (χ2v) is 5.51. The van der Waals surface area contributed by atoms with Gasteiger partial charge in [0, 0.05) is 5.56 Å². The molecule has 0 amide bonds. The van der Waals surface area contributed by atoms with Crippen LogP contribution in [-0.2, 0) is 5.60 Å². The molecule has 17 heavy (non-hydrogen) atoms. The SMILES string of the molecule is Cc1cc(C)c(C2(O)CCCCC2C)c(F)c1. The van der Waals surface area contributed by atoms with Gasteiger partial charge in [0.25, 0.3) is 0 Å². The molecular weight excluding hydrogens is 215 g/mol. The minimum absolute atomic E-state index is 0.132. The maximum atomic E-state index is 14.2. The lowest BCUT2D eigenvalue weighted by Gasteiger charge is -2.39. The van der Waals surface area contributed by atoms with Crippen LogP contribution in [0, 0.1) is 25.6 Å². The third-order valence-electron chi connectivity index (χ3n) is 4.12. The molecule has 1 aliphatic carbocycles. The van der Waals surface area contributed by atoms with E-state index in [4.69, 9.17) is 0 Å². The molecule has 0 spiro atoms. The standard InChI is InChI=1S/C15H21FO/c1-10-8-11(2)14(13(16)9-10)15(17)7-5-4-6-12(15)3/h8-9,12,17H,4-7H2,1-3H3. The molecule has 1 aromatic rings. The predicted octanol–water partition coefficient (Wildman–Crippen LogP) is 3.84. The summed E-state index contributed by atoms with van der Waals surface area (Å²) >= 11 is 0. The Labute approximate surface area is 103 Å². The fourth-order valence-electron chi connectivity index (χ4n) is 3.17. The third-order valence-corrected chi connectivity index (χ3v) is 4.12. The van der Waals surface area contributed by atoms with Gasteiger partial charge >= 0.3 is 0 Å². The first-order valence-electron chi connectivity index (χ1n) is 6.45. The van der Waals surface area contributed by atoms with E-state index in [0.29, 0.717) is 12.0 Å². The van der Waals surface area contributed by atoms with Crippen molar-refractivity contribution in [2.75, 3.05) is 0 Å². The van der Waals surface area contributed by atoms with E-state index in [2.05, 4.69) is 0 Å². The summed E-state index contributed by atoms with van der Waals surface area (Å²) in [5.74, 6) is -0.120. The number of aryl methyl sites for hydroxylation is 2. The Morgan fingerprint density at radius 3 is 2.59 bits per heavy atom. The quantitative estimate of drug-likeness (QED) is 0.785. The monoisotopic (exact) mass is 236 g/mol. The highest BCUT2D eigenvalue weighted by molar-refractivity contribution is 5.37. The van der Waals surface area contributed by atoms with Crippen LogP contribution in [0.5, 0.6) is 0 Å². The minimum Gasteiger partial charge on any atom is -0.385 e. The van der Waals surface area contributed by atoms with E-state index in [1.54, 1.807) is 0 Å². The van der Waals surface area contributed by atoms with Gasteiger partial charge in [-0.2, -0.15) is 0 Å². The van der Waals surface area contributed by atoms with Gasteiger partial charge in [-0.25, -0.2) is 4.39 Å². The number of hydrogen-bond acceptors (Lipinski definition) is 1. The van der Waals surface area contributed by atoms with Crippen molar-refractivity contribution in [1.29, 1.82) is 0 Å². The van der Waals surface area contributed by atoms with Gasteiger partial charge in [-0.1, -0.05) is 25.8 Å². The summed E-state index contributed by atoms with van der Waals surface area (Å²) in [6, 6.07) is 3.49. The highest BCUT2D eigenvalue weighted by atomic mass is 19.1. The summed E-state index contributed by atoms with van der Waals surface area (Å²) in [7, 11) is 0. The average molecular weight is 236 g/mol. The van der Waals surface area contributed by atoms with E-state index in [-0.39, 0.29) is 11.7 Å². The maximum Gasteiger partial charge on any atom is 0.129 e. The van der Waals surface area contributed by atoms with Gasteiger partial charge in [0.15, 0.2) is 0 Å². The zero-order valence-corrected chi connectivity index (χ0v) is 10.9. The molecule has 2 atom stereocenters. The molecule has 0 radical (unpaired) electrons. The molecule has 0 aromatic heterocycles. The molecule has 0 aliphatic heterocycles. The molecule has 0 bridgehead atoms. The molecule has 1 aromatic carbocycles. The molecule has 2 rings (SSSR count). The third kappa shape index (κ3) is 2.11. The van der Waals surface area contributed by atoms with Gasteiger partial charge in [0.05, 0.1) is 5.60 Å². The van der Waals surface area contributed by atoms with Crippen LogP contribution in [0.2, 0.25) is 0 Å². The summed E-state index contributed by atoms with van der Waals surface area (Å²) in [5, 5.41) is 10.8. The van der Waals surface area contributed by atoms with Crippen LogP contribution in [0.25, 0.3) is 0 Å². The second kappa shape index (κ2) is 4.41. The molecule has 1 saturated carbocycles. The van der Waals surface area contributed by atoms with Crippen LogP contribution >= 0.6 is 0 Å². The van der Waals surface area contributed by atoms with Crippen molar-refractivity contribution in [1.82, 2.24) is 0 Å². The zero-order valence-electron chi connectivity index (χ0n) is 10.9. The molecular formula is C15H21FO. The van der Waals surface area contributed by atoms with Gasteiger partial charge in [0.2, 0.25) is 0 Å². The van der Waals surface area contributed by atoms with Gasteiger partial charge in [-0.05, 0) is 49.8 Å². The van der Waals surface area contributed by atoms with Crippen molar-refractivity contribution in [3.8, 4) is 0 Å². The number of rotatable bonds is 1. The van der Waals surface area contributed by atoms with Crippen LogP contribution in [0.3, 0.4) is 0 Å². The first-order valence-corrected chi connectivity index (χ1v) is 6.45. The second-order valence-electron chi connectivity index (χ2n) is 5.51. The summed E-state index contributed by atoms with van der Waals surface area (Å²) in [4.78, 5) is 0. The number of aliphatic hydroxyl groups is 1. The molecule has 0 heterocycles. The molecule has 94 valence electrons. The van der Waals surface area contributed by atoms with Crippen molar-refractivity contribution in [2.24, 2.45) is 5.92 Å². The number of halogens is 1. The molecule has 1 N–H and O–H groups in total. The number of benzene rings is 1. The summed E-state index contributed by atoms with van der Waals surface area (Å²) < 4.78 is 14.2. The lowest BCUT2D eigenvalue weighted by molar-refractivity contribution is -0.0501. The summed E-state index contributed by atoms with van der Waals surface area (Å²) in [6.07, 6.45) is 3.77. The minimum atomic E-state index is -0.972. The van der Waals surface area contributed by atoms with Gasteiger partial charge in [0.1, 0.15) is 5.82 Å². The lowest BCUT2D eigenvalue weighted by atomic mass is 9.71. The normalized spacial score (nSPS) is 29.4. The Morgan fingerprint density at radius 2 is 2.00 bits per heavy atom. The van der Waals surface area contributed by atoms with E-state index in [1.807, 2.05) is 26.8 Å². The summed E-state index contributed by atoms with van der Waals surface area (Å²) in [5.41, 5.74) is 1.34. The van der Waals surface area contributed by atoms with Gasteiger partial charge in [-0.15, -0.1) is 0 Å². The molecule has 2 heteroatoms. The Hall–Kier alpha value is -0.890. The smallest absolute Gasteiger partial charge is 0.129 e. The Bertz CT molecular complexity index is 404. The van der Waals surface area contributed by atoms with Crippen molar-refractivity contribution < 1.29 is 9.50 Å². The largest absolute Gasteiger partial charge is 0.385 e. The van der Waals surface area contributed by atoms with E-state index in [0.717, 1.165) is 30.4 Å². The molecule has 0 saturated heterocycles. The topological polar surface area (TPSA) is 20.2 Å². The van der Waals surface area contributed by atoms with E-state index < -0.39 is 5.60 Å². The van der Waals surface area contributed by atoms with Gasteiger partial charge < -0.3 is 5.11 Å². The van der Waals surface area contributed by atoms with Gasteiger partial charge in [-0.3, -0.25) is 0 Å². The molecule has 1 aliphatic rings. The predicted molar refractivity (Wildman–Crippen MR) is 67.4 cm³/mol. The first kappa shape index (κ1) is 12.6. The molecule has 2 unspecified atom stereocenters. The molecule has 1 nitrogen and oxygen atoms in total. The summed E-state index contributed by atoms with van der Waals surface area (Å²) in [6.45, 7) is 5.80. The van der Waals surface area contributed by atoms with Crippen LogP contribution in [0.4, 0.5) is 4.39 Å². The van der Waals surface area contributed by atoms with Crippen LogP contribution < -0.4 is 0 Å². The fourth-order valence-corrected chi connectivity index (χ4v) is 3.17. The zero-order chi connectivity index (χ0) is 12.6. The Morgan fingerprint density at radius 1 is 1.29 bits per heavy atom. The Kier molecular flexibility index (Phi) is 3.26. The highest BCUT2D eigenvalue weighted by Gasteiger charge is 2.40. The van der Waals surface area contributed by atoms with Crippen molar-refractivity contribution in [2.45, 2.75) is 52.1 Å². The Balaban J connectivity index is 2.52. The van der Waals surface area contributed by atoms with Crippen molar-refractivity contribution in [3.05, 3.63) is 34.6 Å².